The normalized spacial score (nSPS) is 10.6. The Morgan fingerprint density at radius 1 is 1.14 bits per heavy atom. The number of nitrogens with zero attached hydrogens (tertiary/aromatic N) is 1. The van der Waals surface area contributed by atoms with Gasteiger partial charge in [-0.1, -0.05) is 59.6 Å². The molecule has 0 fully saturated rings. The van der Waals surface area contributed by atoms with E-state index in [0.29, 0.717) is 10.8 Å². The van der Waals surface area contributed by atoms with Crippen LogP contribution in [0.25, 0.3) is 0 Å². The highest BCUT2D eigenvalue weighted by Gasteiger charge is 2.07. The van der Waals surface area contributed by atoms with E-state index < -0.39 is 5.91 Å². The summed E-state index contributed by atoms with van der Waals surface area (Å²) in [5, 5.41) is 4.48. The number of ether oxygens (including phenoxy) is 1. The molecule has 0 aliphatic rings. The molecular formula is C15H12Cl2N2O2. The number of rotatable bonds is 5. The highest BCUT2D eigenvalue weighted by molar-refractivity contribution is 6.42. The van der Waals surface area contributed by atoms with Crippen molar-refractivity contribution in [2.45, 2.75) is 0 Å². The smallest absolute Gasteiger partial charge is 0.277 e. The molecule has 0 aliphatic heterocycles. The highest BCUT2D eigenvalue weighted by atomic mass is 35.5. The topological polar surface area (TPSA) is 50.7 Å². The van der Waals surface area contributed by atoms with Crippen molar-refractivity contribution < 1.29 is 9.53 Å². The lowest BCUT2D eigenvalue weighted by Gasteiger charge is -2.07. The molecule has 1 amide bonds. The van der Waals surface area contributed by atoms with Crippen LogP contribution < -0.4 is 10.2 Å². The van der Waals surface area contributed by atoms with Gasteiger partial charge in [0, 0.05) is 0 Å². The standard InChI is InChI=1S/C15H12Cl2N2O2/c16-12-7-4-8-13(15(12)17)21-10-14(20)19-18-9-11-5-2-1-3-6-11/h1-9H,10H2,(H,19,20). The summed E-state index contributed by atoms with van der Waals surface area (Å²) in [6.07, 6.45) is 1.55. The van der Waals surface area contributed by atoms with Crippen LogP contribution in [0.1, 0.15) is 5.56 Å². The van der Waals surface area contributed by atoms with Crippen molar-refractivity contribution in [3.05, 3.63) is 64.1 Å². The Bertz CT molecular complexity index is 645. The Balaban J connectivity index is 1.83. The lowest BCUT2D eigenvalue weighted by atomic mass is 10.2. The minimum absolute atomic E-state index is 0.202. The molecule has 6 heteroatoms. The average molecular weight is 323 g/mol. The molecule has 21 heavy (non-hydrogen) atoms. The molecule has 0 atom stereocenters. The number of halogens is 2. The van der Waals surface area contributed by atoms with Crippen LogP contribution in [0.4, 0.5) is 0 Å². The summed E-state index contributed by atoms with van der Waals surface area (Å²) in [5.41, 5.74) is 3.25. The van der Waals surface area contributed by atoms with Crippen molar-refractivity contribution in [1.82, 2.24) is 5.43 Å². The van der Waals surface area contributed by atoms with Gasteiger partial charge in [0.1, 0.15) is 10.8 Å². The lowest BCUT2D eigenvalue weighted by Crippen LogP contribution is -2.24. The first kappa shape index (κ1) is 15.4. The van der Waals surface area contributed by atoms with Gasteiger partial charge in [0.2, 0.25) is 0 Å². The Morgan fingerprint density at radius 2 is 1.90 bits per heavy atom. The zero-order valence-corrected chi connectivity index (χ0v) is 12.4. The fraction of sp³-hybridized carbons (Fsp3) is 0.0667. The number of benzene rings is 2. The minimum Gasteiger partial charge on any atom is -0.482 e. The van der Waals surface area contributed by atoms with Gasteiger partial charge in [-0.3, -0.25) is 4.79 Å². The van der Waals surface area contributed by atoms with Crippen LogP contribution in [0, 0.1) is 0 Å². The van der Waals surface area contributed by atoms with Gasteiger partial charge >= 0.3 is 0 Å². The van der Waals surface area contributed by atoms with Crippen molar-refractivity contribution in [3.8, 4) is 5.75 Å². The Kier molecular flexibility index (Phi) is 5.60. The molecule has 0 heterocycles. The Hall–Kier alpha value is -2.04. The number of carbonyl (C=O) groups excluding carboxylic acids is 1. The maximum Gasteiger partial charge on any atom is 0.277 e. The van der Waals surface area contributed by atoms with Gasteiger partial charge < -0.3 is 4.74 Å². The second-order valence-corrected chi connectivity index (χ2v) is 4.83. The molecule has 2 aromatic carbocycles. The van der Waals surface area contributed by atoms with E-state index in [1.54, 1.807) is 24.4 Å². The van der Waals surface area contributed by atoms with Crippen LogP contribution in [-0.4, -0.2) is 18.7 Å². The summed E-state index contributed by atoms with van der Waals surface area (Å²) in [5.74, 6) is -0.0374. The van der Waals surface area contributed by atoms with Gasteiger partial charge in [0.25, 0.3) is 5.91 Å². The fourth-order valence-corrected chi connectivity index (χ4v) is 1.84. The van der Waals surface area contributed by atoms with Crippen molar-refractivity contribution in [3.63, 3.8) is 0 Å². The summed E-state index contributed by atoms with van der Waals surface area (Å²) < 4.78 is 5.28. The predicted octanol–water partition coefficient (Wildman–Crippen LogP) is 3.52. The molecule has 0 saturated heterocycles. The second kappa shape index (κ2) is 7.67. The molecule has 0 unspecified atom stereocenters. The summed E-state index contributed by atoms with van der Waals surface area (Å²) in [4.78, 5) is 11.6. The molecule has 108 valence electrons. The average Bonchev–Trinajstić information content (AvgIpc) is 2.50. The molecule has 0 bridgehead atoms. The first-order valence-corrected chi connectivity index (χ1v) is 6.86. The van der Waals surface area contributed by atoms with Crippen molar-refractivity contribution >= 4 is 35.3 Å². The second-order valence-electron chi connectivity index (χ2n) is 4.04. The van der Waals surface area contributed by atoms with Crippen LogP contribution in [0.2, 0.25) is 10.0 Å². The van der Waals surface area contributed by atoms with Gasteiger partial charge in [-0.2, -0.15) is 5.10 Å². The summed E-state index contributed by atoms with van der Waals surface area (Å²) in [6, 6.07) is 14.4. The van der Waals surface area contributed by atoms with E-state index in [0.717, 1.165) is 5.56 Å². The van der Waals surface area contributed by atoms with E-state index in [1.807, 2.05) is 30.3 Å². The number of hydrogen-bond donors (Lipinski definition) is 1. The van der Waals surface area contributed by atoms with Crippen molar-refractivity contribution in [1.29, 1.82) is 0 Å². The molecule has 0 saturated carbocycles. The summed E-state index contributed by atoms with van der Waals surface area (Å²) in [6.45, 7) is -0.202. The molecule has 0 spiro atoms. The Morgan fingerprint density at radius 3 is 2.67 bits per heavy atom. The lowest BCUT2D eigenvalue weighted by molar-refractivity contribution is -0.123. The maximum atomic E-state index is 11.6. The zero-order chi connectivity index (χ0) is 15.1. The molecule has 2 aromatic rings. The van der Waals surface area contributed by atoms with E-state index in [9.17, 15) is 4.79 Å². The van der Waals surface area contributed by atoms with E-state index in [4.69, 9.17) is 27.9 Å². The number of amides is 1. The molecule has 0 radical (unpaired) electrons. The zero-order valence-electron chi connectivity index (χ0n) is 10.9. The predicted molar refractivity (Wildman–Crippen MR) is 84.1 cm³/mol. The molecule has 2 rings (SSSR count). The van der Waals surface area contributed by atoms with Gasteiger partial charge in [0.05, 0.1) is 11.2 Å². The largest absolute Gasteiger partial charge is 0.482 e. The Labute approximate surface area is 132 Å². The molecule has 1 N–H and O–H groups in total. The van der Waals surface area contributed by atoms with E-state index >= 15 is 0 Å². The number of hydrogen-bond acceptors (Lipinski definition) is 3. The van der Waals surface area contributed by atoms with Gasteiger partial charge in [-0.15, -0.1) is 0 Å². The van der Waals surface area contributed by atoms with Crippen molar-refractivity contribution in [2.24, 2.45) is 5.10 Å². The first-order chi connectivity index (χ1) is 10.2. The molecule has 4 nitrogen and oxygen atoms in total. The number of hydrazone groups is 1. The fourth-order valence-electron chi connectivity index (χ4n) is 1.49. The molecular weight excluding hydrogens is 311 g/mol. The van der Waals surface area contributed by atoms with Crippen molar-refractivity contribution in [2.75, 3.05) is 6.61 Å². The third kappa shape index (κ3) is 4.77. The van der Waals surface area contributed by atoms with Gasteiger partial charge in [0.15, 0.2) is 6.61 Å². The van der Waals surface area contributed by atoms with E-state index in [1.165, 1.54) is 0 Å². The first-order valence-electron chi connectivity index (χ1n) is 6.10. The third-order valence-electron chi connectivity index (χ3n) is 2.48. The van der Waals surface area contributed by atoms with Crippen LogP contribution in [-0.2, 0) is 4.79 Å². The quantitative estimate of drug-likeness (QED) is 0.676. The third-order valence-corrected chi connectivity index (χ3v) is 3.28. The van der Waals surface area contributed by atoms with E-state index in [2.05, 4.69) is 10.5 Å². The maximum absolute atomic E-state index is 11.6. The monoisotopic (exact) mass is 322 g/mol. The van der Waals surface area contributed by atoms with Crippen LogP contribution in [0.15, 0.2) is 53.6 Å². The van der Waals surface area contributed by atoms with Gasteiger partial charge in [-0.25, -0.2) is 5.43 Å². The highest BCUT2D eigenvalue weighted by Crippen LogP contribution is 2.31. The number of carbonyl (C=O) groups is 1. The van der Waals surface area contributed by atoms with Crippen LogP contribution in [0.5, 0.6) is 5.75 Å². The summed E-state index contributed by atoms with van der Waals surface area (Å²) >= 11 is 11.8. The number of nitrogens with one attached hydrogen (secondary N) is 1. The minimum atomic E-state index is -0.391. The molecule has 0 aliphatic carbocycles. The van der Waals surface area contributed by atoms with Gasteiger partial charge in [-0.05, 0) is 17.7 Å². The van der Waals surface area contributed by atoms with Crippen LogP contribution >= 0.6 is 23.2 Å². The summed E-state index contributed by atoms with van der Waals surface area (Å²) in [7, 11) is 0. The molecule has 0 aromatic heterocycles. The van der Waals surface area contributed by atoms with E-state index in [-0.39, 0.29) is 11.6 Å². The SMILES string of the molecule is O=C(COc1cccc(Cl)c1Cl)NN=Cc1ccccc1. The van der Waals surface area contributed by atoms with Crippen LogP contribution in [0.3, 0.4) is 0 Å².